The highest BCUT2D eigenvalue weighted by Gasteiger charge is 2.18. The monoisotopic (exact) mass is 219 g/mol. The lowest BCUT2D eigenvalue weighted by molar-refractivity contribution is -0.136. The molecule has 72 valence electrons. The third-order valence-corrected chi connectivity index (χ3v) is 3.37. The van der Waals surface area contributed by atoms with Crippen molar-refractivity contribution in [2.45, 2.75) is 16.5 Å². The van der Waals surface area contributed by atoms with Crippen molar-refractivity contribution in [2.75, 3.05) is 6.54 Å². The third kappa shape index (κ3) is 2.94. The van der Waals surface area contributed by atoms with Crippen molar-refractivity contribution in [3.8, 4) is 0 Å². The largest absolute Gasteiger partial charge is 0.480 e. The van der Waals surface area contributed by atoms with E-state index in [0.717, 1.165) is 16.8 Å². The lowest BCUT2D eigenvalue weighted by Gasteiger charge is -2.04. The first-order valence-electron chi connectivity index (χ1n) is 3.53. The van der Waals surface area contributed by atoms with Crippen LogP contribution in [0.15, 0.2) is 4.34 Å². The molecular weight excluding hydrogens is 210 g/mol. The quantitative estimate of drug-likeness (QED) is 0.710. The topological polar surface area (TPSA) is 89.1 Å². The fourth-order valence-electron chi connectivity index (χ4n) is 0.647. The van der Waals surface area contributed by atoms with Crippen LogP contribution in [0.1, 0.15) is 5.01 Å². The Morgan fingerprint density at radius 1 is 1.77 bits per heavy atom. The summed E-state index contributed by atoms with van der Waals surface area (Å²) in [6, 6.07) is 0. The van der Waals surface area contributed by atoms with Gasteiger partial charge in [-0.1, -0.05) is 23.1 Å². The van der Waals surface area contributed by atoms with Gasteiger partial charge in [-0.25, -0.2) is 0 Å². The zero-order chi connectivity index (χ0) is 9.84. The molecule has 0 amide bonds. The number of aliphatic carboxylic acids is 1. The van der Waals surface area contributed by atoms with Crippen molar-refractivity contribution in [1.82, 2.24) is 10.2 Å². The van der Waals surface area contributed by atoms with Gasteiger partial charge in [0, 0.05) is 6.54 Å². The molecule has 1 atom stereocenters. The summed E-state index contributed by atoms with van der Waals surface area (Å²) in [4.78, 5) is 10.6. The molecule has 0 saturated carbocycles. The van der Waals surface area contributed by atoms with Gasteiger partial charge in [0.1, 0.15) is 10.3 Å². The van der Waals surface area contributed by atoms with E-state index >= 15 is 0 Å². The van der Waals surface area contributed by atoms with Crippen molar-refractivity contribution in [1.29, 1.82) is 0 Å². The number of carboxylic acid groups (broad SMARTS) is 1. The Morgan fingerprint density at radius 2 is 2.46 bits per heavy atom. The molecule has 1 aromatic rings. The predicted octanol–water partition coefficient (Wildman–Crippen LogP) is 0.351. The Bertz CT molecular complexity index is 302. The van der Waals surface area contributed by atoms with Gasteiger partial charge >= 0.3 is 5.97 Å². The van der Waals surface area contributed by atoms with Crippen LogP contribution in [0.3, 0.4) is 0 Å². The molecule has 13 heavy (non-hydrogen) atoms. The van der Waals surface area contributed by atoms with Crippen molar-refractivity contribution >= 4 is 29.1 Å². The molecule has 0 saturated heterocycles. The number of hydrogen-bond acceptors (Lipinski definition) is 6. The zero-order valence-corrected chi connectivity index (χ0v) is 8.56. The summed E-state index contributed by atoms with van der Waals surface area (Å²) in [5.74, 6) is -0.916. The molecule has 0 radical (unpaired) electrons. The van der Waals surface area contributed by atoms with Gasteiger partial charge in [0.05, 0.1) is 0 Å². The van der Waals surface area contributed by atoms with E-state index in [1.165, 1.54) is 11.3 Å². The van der Waals surface area contributed by atoms with E-state index in [-0.39, 0.29) is 6.54 Å². The summed E-state index contributed by atoms with van der Waals surface area (Å²) in [5.41, 5.74) is 5.28. The molecule has 1 heterocycles. The van der Waals surface area contributed by atoms with Gasteiger partial charge in [-0.2, -0.15) is 0 Å². The number of hydrogen-bond donors (Lipinski definition) is 2. The number of nitrogens with two attached hydrogens (primary N) is 1. The Labute approximate surface area is 83.4 Å². The molecular formula is C6H9N3O2S2. The minimum absolute atomic E-state index is 0.0959. The van der Waals surface area contributed by atoms with E-state index in [0.29, 0.717) is 4.34 Å². The first-order chi connectivity index (χ1) is 6.13. The molecule has 7 heteroatoms. The average molecular weight is 219 g/mol. The Kier molecular flexibility index (Phi) is 3.64. The average Bonchev–Trinajstić information content (AvgIpc) is 2.46. The summed E-state index contributed by atoms with van der Waals surface area (Å²) >= 11 is 2.51. The number of nitrogens with zero attached hydrogens (tertiary/aromatic N) is 2. The molecule has 3 N–H and O–H groups in total. The normalized spacial score (nSPS) is 12.8. The number of aromatic nitrogens is 2. The van der Waals surface area contributed by atoms with Crippen LogP contribution in [0.5, 0.6) is 0 Å². The van der Waals surface area contributed by atoms with E-state index in [4.69, 9.17) is 10.8 Å². The number of carbonyl (C=O) groups is 1. The van der Waals surface area contributed by atoms with Crippen LogP contribution in [0, 0.1) is 6.92 Å². The van der Waals surface area contributed by atoms with Gasteiger partial charge in [0.15, 0.2) is 4.34 Å². The van der Waals surface area contributed by atoms with E-state index in [1.807, 2.05) is 6.92 Å². The molecule has 0 fully saturated rings. The number of carboxylic acids is 1. The van der Waals surface area contributed by atoms with Crippen molar-refractivity contribution in [2.24, 2.45) is 5.73 Å². The fraction of sp³-hybridized carbons (Fsp3) is 0.500. The van der Waals surface area contributed by atoms with Crippen LogP contribution >= 0.6 is 23.1 Å². The van der Waals surface area contributed by atoms with E-state index < -0.39 is 11.2 Å². The summed E-state index contributed by atoms with van der Waals surface area (Å²) in [6.07, 6.45) is 0. The smallest absolute Gasteiger partial charge is 0.318 e. The zero-order valence-electron chi connectivity index (χ0n) is 6.93. The van der Waals surface area contributed by atoms with Gasteiger partial charge in [-0.15, -0.1) is 10.2 Å². The van der Waals surface area contributed by atoms with Crippen LogP contribution in [-0.4, -0.2) is 33.1 Å². The molecule has 1 aromatic heterocycles. The molecule has 0 bridgehead atoms. The Hall–Kier alpha value is -0.660. The van der Waals surface area contributed by atoms with E-state index in [1.54, 1.807) is 0 Å². The summed E-state index contributed by atoms with van der Waals surface area (Å²) < 4.78 is 0.648. The number of thioether (sulfide) groups is 1. The maximum atomic E-state index is 10.6. The third-order valence-electron chi connectivity index (χ3n) is 1.24. The van der Waals surface area contributed by atoms with Crippen molar-refractivity contribution in [3.63, 3.8) is 0 Å². The van der Waals surface area contributed by atoms with E-state index in [2.05, 4.69) is 10.2 Å². The fourth-order valence-corrected chi connectivity index (χ4v) is 2.49. The molecule has 0 aromatic carbocycles. The Morgan fingerprint density at radius 3 is 2.85 bits per heavy atom. The molecule has 0 aliphatic rings. The molecule has 5 nitrogen and oxygen atoms in total. The lowest BCUT2D eigenvalue weighted by Crippen LogP contribution is -2.25. The van der Waals surface area contributed by atoms with Crippen molar-refractivity contribution in [3.05, 3.63) is 5.01 Å². The second-order valence-corrected chi connectivity index (χ2v) is 4.90. The SMILES string of the molecule is Cc1nnc(SC(CN)C(=O)O)s1. The van der Waals surface area contributed by atoms with Gasteiger partial charge in [-0.3, -0.25) is 4.79 Å². The second-order valence-electron chi connectivity index (χ2n) is 2.27. The highest BCUT2D eigenvalue weighted by atomic mass is 32.2. The molecule has 1 unspecified atom stereocenters. The maximum absolute atomic E-state index is 10.6. The lowest BCUT2D eigenvalue weighted by atomic mass is 10.4. The predicted molar refractivity (Wildman–Crippen MR) is 51.0 cm³/mol. The number of aryl methyl sites for hydroxylation is 1. The van der Waals surface area contributed by atoms with Crippen LogP contribution in [0.4, 0.5) is 0 Å². The number of rotatable bonds is 4. The van der Waals surface area contributed by atoms with Crippen LogP contribution in [0.2, 0.25) is 0 Å². The molecule has 0 spiro atoms. The van der Waals surface area contributed by atoms with E-state index in [9.17, 15) is 4.79 Å². The first-order valence-corrected chi connectivity index (χ1v) is 5.22. The minimum Gasteiger partial charge on any atom is -0.480 e. The van der Waals surface area contributed by atoms with Gasteiger partial charge in [-0.05, 0) is 6.92 Å². The van der Waals surface area contributed by atoms with Gasteiger partial charge < -0.3 is 10.8 Å². The van der Waals surface area contributed by atoms with Crippen LogP contribution in [0.25, 0.3) is 0 Å². The minimum atomic E-state index is -0.916. The summed E-state index contributed by atoms with van der Waals surface area (Å²) in [6.45, 7) is 1.92. The standard InChI is InChI=1S/C6H9N3O2S2/c1-3-8-9-6(12-3)13-4(2-7)5(10)11/h4H,2,7H2,1H3,(H,10,11). The van der Waals surface area contributed by atoms with Crippen molar-refractivity contribution < 1.29 is 9.90 Å². The summed E-state index contributed by atoms with van der Waals surface area (Å²) in [5, 5.41) is 16.5. The highest BCUT2D eigenvalue weighted by molar-refractivity contribution is 8.02. The van der Waals surface area contributed by atoms with Crippen LogP contribution in [-0.2, 0) is 4.79 Å². The summed E-state index contributed by atoms with van der Waals surface area (Å²) in [7, 11) is 0. The van der Waals surface area contributed by atoms with Crippen LogP contribution < -0.4 is 5.73 Å². The highest BCUT2D eigenvalue weighted by Crippen LogP contribution is 2.25. The first kappa shape index (κ1) is 10.4. The second kappa shape index (κ2) is 4.54. The Balaban J connectivity index is 2.61. The van der Waals surface area contributed by atoms with Gasteiger partial charge in [0.2, 0.25) is 0 Å². The van der Waals surface area contributed by atoms with Gasteiger partial charge in [0.25, 0.3) is 0 Å². The molecule has 1 rings (SSSR count). The maximum Gasteiger partial charge on any atom is 0.318 e. The molecule has 0 aliphatic carbocycles. The molecule has 0 aliphatic heterocycles.